The number of nitrogens with zero attached hydrogens (tertiary/aromatic N) is 1. The van der Waals surface area contributed by atoms with Crippen LogP contribution in [0.5, 0.6) is 0 Å². The van der Waals surface area contributed by atoms with Gasteiger partial charge in [-0.2, -0.15) is 5.26 Å². The van der Waals surface area contributed by atoms with Gasteiger partial charge in [0.2, 0.25) is 0 Å². The van der Waals surface area contributed by atoms with Gasteiger partial charge in [-0.1, -0.05) is 11.6 Å². The molecule has 2 N–H and O–H groups in total. The van der Waals surface area contributed by atoms with E-state index in [1.165, 1.54) is 17.4 Å². The molecule has 2 nitrogen and oxygen atoms in total. The van der Waals surface area contributed by atoms with Crippen LogP contribution in [-0.2, 0) is 0 Å². The molecule has 0 saturated heterocycles. The van der Waals surface area contributed by atoms with Gasteiger partial charge in [0.05, 0.1) is 21.0 Å². The number of nitriles is 1. The Balaban J connectivity index is 2.95. The summed E-state index contributed by atoms with van der Waals surface area (Å²) in [4.78, 5) is 0.830. The number of rotatable bonds is 1. The first-order valence-electron chi connectivity index (χ1n) is 2.85. The van der Waals surface area contributed by atoms with Gasteiger partial charge in [-0.15, -0.1) is 11.3 Å². The van der Waals surface area contributed by atoms with Gasteiger partial charge in [-0.25, -0.2) is 0 Å². The summed E-state index contributed by atoms with van der Waals surface area (Å²) in [6.07, 6.45) is 1.29. The van der Waals surface area contributed by atoms with E-state index >= 15 is 0 Å². The Hall–Kier alpha value is -0.980. The molecule has 0 radical (unpaired) electrons. The van der Waals surface area contributed by atoms with Crippen LogP contribution < -0.4 is 5.73 Å². The van der Waals surface area contributed by atoms with Gasteiger partial charge in [0, 0.05) is 6.08 Å². The van der Waals surface area contributed by atoms with Crippen molar-refractivity contribution in [3.05, 3.63) is 27.4 Å². The van der Waals surface area contributed by atoms with Gasteiger partial charge >= 0.3 is 0 Å². The molecule has 0 aliphatic rings. The first-order chi connectivity index (χ1) is 5.24. The number of nitrogens with two attached hydrogens (primary N) is 1. The van der Waals surface area contributed by atoms with Crippen molar-refractivity contribution in [2.45, 2.75) is 0 Å². The van der Waals surface area contributed by atoms with E-state index in [0.717, 1.165) is 4.88 Å². The smallest absolute Gasteiger partial charge is 0.0935 e. The highest BCUT2D eigenvalue weighted by atomic mass is 35.5. The second-order valence-corrected chi connectivity index (χ2v) is 3.55. The monoisotopic (exact) mass is 184 g/mol. The number of hydrogen-bond donors (Lipinski definition) is 1. The standard InChI is InChI=1S/C7H5ClN2S/c8-7-2-1-6(11-7)5(10)3-4-9/h1-3H,10H2/b5-3+. The Morgan fingerprint density at radius 2 is 2.45 bits per heavy atom. The normalized spacial score (nSPS) is 11.1. The maximum Gasteiger partial charge on any atom is 0.0935 e. The molecule has 0 unspecified atom stereocenters. The van der Waals surface area contributed by atoms with Crippen molar-refractivity contribution >= 4 is 28.6 Å². The highest BCUT2D eigenvalue weighted by Gasteiger charge is 1.99. The van der Waals surface area contributed by atoms with E-state index in [9.17, 15) is 0 Å². The van der Waals surface area contributed by atoms with Crippen LogP contribution in [0.25, 0.3) is 5.70 Å². The third-order valence-electron chi connectivity index (χ3n) is 1.08. The molecular formula is C7H5ClN2S. The fraction of sp³-hybridized carbons (Fsp3) is 0. The van der Waals surface area contributed by atoms with Crippen LogP contribution in [0, 0.1) is 11.3 Å². The zero-order valence-corrected chi connectivity index (χ0v) is 7.12. The van der Waals surface area contributed by atoms with Crippen LogP contribution in [0.2, 0.25) is 4.34 Å². The van der Waals surface area contributed by atoms with Crippen molar-refractivity contribution in [3.8, 4) is 6.07 Å². The lowest BCUT2D eigenvalue weighted by atomic mass is 10.3. The van der Waals surface area contributed by atoms with Crippen LogP contribution >= 0.6 is 22.9 Å². The molecule has 1 aromatic rings. The molecule has 4 heteroatoms. The Bertz CT molecular complexity index is 321. The maximum absolute atomic E-state index is 8.27. The molecule has 1 aromatic heterocycles. The average molecular weight is 185 g/mol. The Labute approximate surface area is 73.5 Å². The second kappa shape index (κ2) is 3.42. The van der Waals surface area contributed by atoms with Crippen LogP contribution in [0.1, 0.15) is 4.88 Å². The Morgan fingerprint density at radius 3 is 2.91 bits per heavy atom. The maximum atomic E-state index is 8.27. The van der Waals surface area contributed by atoms with Crippen molar-refractivity contribution in [2.75, 3.05) is 0 Å². The lowest BCUT2D eigenvalue weighted by molar-refractivity contribution is 1.52. The van der Waals surface area contributed by atoms with Crippen LogP contribution in [0.4, 0.5) is 0 Å². The molecule has 1 rings (SSSR count). The van der Waals surface area contributed by atoms with Crippen LogP contribution in [0.15, 0.2) is 18.2 Å². The largest absolute Gasteiger partial charge is 0.397 e. The topological polar surface area (TPSA) is 49.8 Å². The molecule has 11 heavy (non-hydrogen) atoms. The summed E-state index contributed by atoms with van der Waals surface area (Å²) in [7, 11) is 0. The summed E-state index contributed by atoms with van der Waals surface area (Å²) < 4.78 is 0.675. The van der Waals surface area contributed by atoms with Crippen molar-refractivity contribution in [3.63, 3.8) is 0 Å². The second-order valence-electron chi connectivity index (χ2n) is 1.83. The lowest BCUT2D eigenvalue weighted by Gasteiger charge is -1.90. The van der Waals surface area contributed by atoms with E-state index in [-0.39, 0.29) is 0 Å². The van der Waals surface area contributed by atoms with E-state index in [0.29, 0.717) is 10.0 Å². The van der Waals surface area contributed by atoms with Gasteiger partial charge in [0.25, 0.3) is 0 Å². The van der Waals surface area contributed by atoms with Gasteiger partial charge in [-0.05, 0) is 12.1 Å². The molecule has 0 aliphatic carbocycles. The fourth-order valence-corrected chi connectivity index (χ4v) is 1.58. The summed E-state index contributed by atoms with van der Waals surface area (Å²) in [5, 5.41) is 8.27. The summed E-state index contributed by atoms with van der Waals surface area (Å²) in [5.74, 6) is 0. The van der Waals surface area contributed by atoms with Gasteiger partial charge in [-0.3, -0.25) is 0 Å². The van der Waals surface area contributed by atoms with Crippen LogP contribution in [-0.4, -0.2) is 0 Å². The van der Waals surface area contributed by atoms with E-state index in [2.05, 4.69) is 0 Å². The molecule has 0 bridgehead atoms. The highest BCUT2D eigenvalue weighted by molar-refractivity contribution is 7.17. The average Bonchev–Trinajstić information content (AvgIpc) is 2.36. The zero-order valence-electron chi connectivity index (χ0n) is 5.54. The van der Waals surface area contributed by atoms with Gasteiger partial charge < -0.3 is 5.73 Å². The number of thiophene rings is 1. The van der Waals surface area contributed by atoms with Gasteiger partial charge in [0.15, 0.2) is 0 Å². The molecule has 0 spiro atoms. The predicted molar refractivity (Wildman–Crippen MR) is 47.1 cm³/mol. The zero-order chi connectivity index (χ0) is 8.27. The SMILES string of the molecule is N#C/C=C(/N)c1ccc(Cl)s1. The minimum absolute atomic E-state index is 0.462. The van der Waals surface area contributed by atoms with Crippen molar-refractivity contribution in [2.24, 2.45) is 5.73 Å². The van der Waals surface area contributed by atoms with Crippen molar-refractivity contribution < 1.29 is 0 Å². The van der Waals surface area contributed by atoms with Crippen molar-refractivity contribution in [1.29, 1.82) is 5.26 Å². The number of hydrogen-bond acceptors (Lipinski definition) is 3. The first kappa shape index (κ1) is 8.12. The van der Waals surface area contributed by atoms with E-state index < -0.39 is 0 Å². The highest BCUT2D eigenvalue weighted by Crippen LogP contribution is 2.24. The molecule has 0 fully saturated rings. The Morgan fingerprint density at radius 1 is 1.73 bits per heavy atom. The van der Waals surface area contributed by atoms with Crippen LogP contribution in [0.3, 0.4) is 0 Å². The summed E-state index contributed by atoms with van der Waals surface area (Å²) in [6, 6.07) is 5.39. The number of halogens is 1. The fourth-order valence-electron chi connectivity index (χ4n) is 0.610. The molecule has 0 amide bonds. The number of allylic oxidation sites excluding steroid dienone is 1. The predicted octanol–water partition coefficient (Wildman–Crippen LogP) is 2.22. The Kier molecular flexibility index (Phi) is 2.53. The summed E-state index contributed by atoms with van der Waals surface area (Å²) >= 11 is 7.01. The first-order valence-corrected chi connectivity index (χ1v) is 4.04. The summed E-state index contributed by atoms with van der Waals surface area (Å²) in [5.41, 5.74) is 5.97. The third kappa shape index (κ3) is 1.97. The minimum Gasteiger partial charge on any atom is -0.397 e. The molecule has 0 atom stereocenters. The molecular weight excluding hydrogens is 180 g/mol. The third-order valence-corrected chi connectivity index (χ3v) is 2.36. The quantitative estimate of drug-likeness (QED) is 0.681. The minimum atomic E-state index is 0.462. The van der Waals surface area contributed by atoms with Gasteiger partial charge in [0.1, 0.15) is 0 Å². The van der Waals surface area contributed by atoms with Crippen molar-refractivity contribution in [1.82, 2.24) is 0 Å². The molecule has 56 valence electrons. The molecule has 1 heterocycles. The summed E-state index contributed by atoms with van der Waals surface area (Å²) in [6.45, 7) is 0. The molecule has 0 saturated carbocycles. The van der Waals surface area contributed by atoms with E-state index in [1.807, 2.05) is 6.07 Å². The van der Waals surface area contributed by atoms with E-state index in [1.54, 1.807) is 12.1 Å². The molecule has 0 aromatic carbocycles. The lowest BCUT2D eigenvalue weighted by Crippen LogP contribution is -1.91. The van der Waals surface area contributed by atoms with E-state index in [4.69, 9.17) is 22.6 Å². The molecule has 0 aliphatic heterocycles.